The van der Waals surface area contributed by atoms with E-state index in [9.17, 15) is 4.79 Å². The Hall–Kier alpha value is -2.13. The summed E-state index contributed by atoms with van der Waals surface area (Å²) < 4.78 is 0. The van der Waals surface area contributed by atoms with Crippen LogP contribution in [-0.2, 0) is 11.2 Å². The van der Waals surface area contributed by atoms with Crippen molar-refractivity contribution in [3.8, 4) is 0 Å². The summed E-state index contributed by atoms with van der Waals surface area (Å²) in [6.45, 7) is 0.831. The number of amides is 1. The van der Waals surface area contributed by atoms with E-state index in [2.05, 4.69) is 22.8 Å². The van der Waals surface area contributed by atoms with Gasteiger partial charge in [0.1, 0.15) is 6.04 Å². The molecule has 2 N–H and O–H groups in total. The minimum absolute atomic E-state index is 0.0154. The minimum Gasteiger partial charge on any atom is -0.324 e. The van der Waals surface area contributed by atoms with Gasteiger partial charge in [0.05, 0.1) is 0 Å². The molecule has 2 aromatic carbocycles. The fourth-order valence-electron chi connectivity index (χ4n) is 2.42. The molecule has 0 saturated carbocycles. The molecule has 1 amide bonds. The topological polar surface area (TPSA) is 41.1 Å². The molecule has 0 spiro atoms. The SMILES string of the molecule is O=C(Nc1cc[c]cc1)C1NCCc2ccccc21. The van der Waals surface area contributed by atoms with Gasteiger partial charge in [-0.1, -0.05) is 36.4 Å². The molecule has 19 heavy (non-hydrogen) atoms. The average molecular weight is 251 g/mol. The molecule has 0 bridgehead atoms. The van der Waals surface area contributed by atoms with E-state index in [1.807, 2.05) is 30.3 Å². The summed E-state index contributed by atoms with van der Waals surface area (Å²) in [7, 11) is 0. The third kappa shape index (κ3) is 2.51. The number of carbonyl (C=O) groups is 1. The van der Waals surface area contributed by atoms with E-state index in [4.69, 9.17) is 0 Å². The maximum absolute atomic E-state index is 12.3. The largest absolute Gasteiger partial charge is 0.324 e. The molecule has 1 aliphatic heterocycles. The lowest BCUT2D eigenvalue weighted by molar-refractivity contribution is -0.118. The molecule has 95 valence electrons. The van der Waals surface area contributed by atoms with Crippen molar-refractivity contribution in [1.82, 2.24) is 5.32 Å². The van der Waals surface area contributed by atoms with Crippen LogP contribution in [0.1, 0.15) is 17.2 Å². The van der Waals surface area contributed by atoms with Crippen molar-refractivity contribution in [2.45, 2.75) is 12.5 Å². The zero-order valence-electron chi connectivity index (χ0n) is 10.5. The minimum atomic E-state index is -0.269. The second kappa shape index (κ2) is 5.24. The van der Waals surface area contributed by atoms with Crippen LogP contribution in [-0.4, -0.2) is 12.5 Å². The third-order valence-corrected chi connectivity index (χ3v) is 3.36. The highest BCUT2D eigenvalue weighted by molar-refractivity contribution is 5.95. The highest BCUT2D eigenvalue weighted by Gasteiger charge is 2.25. The first kappa shape index (κ1) is 11.9. The third-order valence-electron chi connectivity index (χ3n) is 3.36. The van der Waals surface area contributed by atoms with Gasteiger partial charge in [-0.05, 0) is 35.7 Å². The van der Waals surface area contributed by atoms with Crippen LogP contribution in [0.3, 0.4) is 0 Å². The molecule has 1 atom stereocenters. The number of nitrogens with one attached hydrogen (secondary N) is 2. The summed E-state index contributed by atoms with van der Waals surface area (Å²) in [5, 5.41) is 6.21. The molecule has 3 heteroatoms. The van der Waals surface area contributed by atoms with Gasteiger partial charge in [0, 0.05) is 12.2 Å². The first-order valence-electron chi connectivity index (χ1n) is 6.43. The smallest absolute Gasteiger partial charge is 0.246 e. The molecule has 0 fully saturated rings. The second-order valence-corrected chi connectivity index (χ2v) is 4.61. The van der Waals surface area contributed by atoms with Gasteiger partial charge in [0.25, 0.3) is 0 Å². The maximum Gasteiger partial charge on any atom is 0.246 e. The van der Waals surface area contributed by atoms with Crippen molar-refractivity contribution < 1.29 is 4.79 Å². The van der Waals surface area contributed by atoms with Crippen LogP contribution >= 0.6 is 0 Å². The van der Waals surface area contributed by atoms with Crippen molar-refractivity contribution in [1.29, 1.82) is 0 Å². The summed E-state index contributed by atoms with van der Waals surface area (Å²) >= 11 is 0. The highest BCUT2D eigenvalue weighted by Crippen LogP contribution is 2.23. The van der Waals surface area contributed by atoms with Crippen molar-refractivity contribution in [3.05, 3.63) is 65.7 Å². The van der Waals surface area contributed by atoms with Crippen LogP contribution in [0.2, 0.25) is 0 Å². The molecular formula is C16H15N2O. The van der Waals surface area contributed by atoms with Crippen molar-refractivity contribution in [3.63, 3.8) is 0 Å². The van der Waals surface area contributed by atoms with Crippen LogP contribution in [0.25, 0.3) is 0 Å². The lowest BCUT2D eigenvalue weighted by Gasteiger charge is -2.26. The summed E-state index contributed by atoms with van der Waals surface area (Å²) in [6, 6.07) is 18.0. The monoisotopic (exact) mass is 251 g/mol. The van der Waals surface area contributed by atoms with Crippen molar-refractivity contribution in [2.24, 2.45) is 0 Å². The Morgan fingerprint density at radius 2 is 2.00 bits per heavy atom. The fourth-order valence-corrected chi connectivity index (χ4v) is 2.42. The molecule has 1 unspecified atom stereocenters. The Bertz CT molecular complexity index is 580. The Kier molecular flexibility index (Phi) is 3.29. The Balaban J connectivity index is 1.82. The first-order chi connectivity index (χ1) is 9.34. The summed E-state index contributed by atoms with van der Waals surface area (Å²) in [6.07, 6.45) is 0.972. The zero-order chi connectivity index (χ0) is 13.1. The van der Waals surface area contributed by atoms with Crippen LogP contribution in [0.4, 0.5) is 5.69 Å². The summed E-state index contributed by atoms with van der Waals surface area (Å²) in [5.74, 6) is -0.0154. The highest BCUT2D eigenvalue weighted by atomic mass is 16.2. The number of hydrogen-bond donors (Lipinski definition) is 2. The van der Waals surface area contributed by atoms with Crippen LogP contribution < -0.4 is 10.6 Å². The van der Waals surface area contributed by atoms with E-state index in [1.54, 1.807) is 12.1 Å². The van der Waals surface area contributed by atoms with Crippen LogP contribution in [0.15, 0.2) is 48.5 Å². The van der Waals surface area contributed by atoms with Crippen molar-refractivity contribution >= 4 is 11.6 Å². The number of carbonyl (C=O) groups excluding carboxylic acids is 1. The van der Waals surface area contributed by atoms with E-state index < -0.39 is 0 Å². The quantitative estimate of drug-likeness (QED) is 0.860. The van der Waals surface area contributed by atoms with Gasteiger partial charge in [-0.15, -0.1) is 0 Å². The lowest BCUT2D eigenvalue weighted by Crippen LogP contribution is -2.38. The van der Waals surface area contributed by atoms with Gasteiger partial charge in [0.2, 0.25) is 5.91 Å². The molecule has 1 heterocycles. The number of rotatable bonds is 2. The Morgan fingerprint density at radius 3 is 2.84 bits per heavy atom. The van der Waals surface area contributed by atoms with Crippen molar-refractivity contribution in [2.75, 3.05) is 11.9 Å². The van der Waals surface area contributed by atoms with Gasteiger partial charge < -0.3 is 10.6 Å². The molecule has 1 aliphatic rings. The molecule has 3 rings (SSSR count). The number of benzene rings is 2. The van der Waals surface area contributed by atoms with Gasteiger partial charge in [-0.3, -0.25) is 4.79 Å². The predicted octanol–water partition coefficient (Wildman–Crippen LogP) is 2.31. The summed E-state index contributed by atoms with van der Waals surface area (Å²) in [5.41, 5.74) is 3.13. The van der Waals surface area contributed by atoms with E-state index in [-0.39, 0.29) is 11.9 Å². The number of hydrogen-bond acceptors (Lipinski definition) is 2. The number of anilines is 1. The molecule has 0 aliphatic carbocycles. The van der Waals surface area contributed by atoms with E-state index in [0.717, 1.165) is 24.2 Å². The van der Waals surface area contributed by atoms with Crippen LogP contribution in [0.5, 0.6) is 0 Å². The van der Waals surface area contributed by atoms with Gasteiger partial charge in [-0.25, -0.2) is 0 Å². The second-order valence-electron chi connectivity index (χ2n) is 4.61. The predicted molar refractivity (Wildman–Crippen MR) is 74.8 cm³/mol. The van der Waals surface area contributed by atoms with Gasteiger partial charge in [-0.2, -0.15) is 0 Å². The Morgan fingerprint density at radius 1 is 1.21 bits per heavy atom. The van der Waals surface area contributed by atoms with Crippen LogP contribution in [0, 0.1) is 6.07 Å². The average Bonchev–Trinajstić information content (AvgIpc) is 2.47. The molecule has 1 radical (unpaired) electrons. The van der Waals surface area contributed by atoms with Gasteiger partial charge in [0.15, 0.2) is 0 Å². The maximum atomic E-state index is 12.3. The van der Waals surface area contributed by atoms with E-state index in [1.165, 1.54) is 5.56 Å². The molecule has 3 nitrogen and oxygen atoms in total. The molecule has 2 aromatic rings. The standard InChI is InChI=1S/C16H15N2O/c19-16(18-13-7-2-1-3-8-13)15-14-9-5-4-6-12(14)10-11-17-15/h2-9,15,17H,10-11H2,(H,18,19). The number of fused-ring (bicyclic) bond motifs is 1. The molecule has 0 saturated heterocycles. The molecular weight excluding hydrogens is 236 g/mol. The zero-order valence-corrected chi connectivity index (χ0v) is 10.5. The Labute approximate surface area is 112 Å². The summed E-state index contributed by atoms with van der Waals surface area (Å²) in [4.78, 5) is 12.3. The normalized spacial score (nSPS) is 17.6. The van der Waals surface area contributed by atoms with Gasteiger partial charge >= 0.3 is 0 Å². The molecule has 0 aromatic heterocycles. The lowest BCUT2D eigenvalue weighted by atomic mass is 9.94. The van der Waals surface area contributed by atoms with E-state index in [0.29, 0.717) is 0 Å². The van der Waals surface area contributed by atoms with E-state index >= 15 is 0 Å². The first-order valence-corrected chi connectivity index (χ1v) is 6.43. The fraction of sp³-hybridized carbons (Fsp3) is 0.188.